The van der Waals surface area contributed by atoms with Crippen molar-refractivity contribution < 1.29 is 14.3 Å². The van der Waals surface area contributed by atoms with E-state index >= 15 is 0 Å². The smallest absolute Gasteiger partial charge is 0.405 e. The van der Waals surface area contributed by atoms with Gasteiger partial charge >= 0.3 is 6.09 Å². The van der Waals surface area contributed by atoms with Gasteiger partial charge in [0.1, 0.15) is 11.9 Å². The third-order valence-corrected chi connectivity index (χ3v) is 5.27. The maximum Gasteiger partial charge on any atom is 0.405 e. The summed E-state index contributed by atoms with van der Waals surface area (Å²) in [5.74, 6) is 0.866. The van der Waals surface area contributed by atoms with E-state index in [0.29, 0.717) is 11.4 Å². The molecule has 0 radical (unpaired) electrons. The van der Waals surface area contributed by atoms with Crippen LogP contribution < -0.4 is 15.4 Å². The Hall–Kier alpha value is -2.44. The number of anilines is 1. The summed E-state index contributed by atoms with van der Waals surface area (Å²) in [5.41, 5.74) is 7.36. The van der Waals surface area contributed by atoms with Crippen molar-refractivity contribution in [1.82, 2.24) is 4.90 Å². The fourth-order valence-corrected chi connectivity index (χ4v) is 3.56. The van der Waals surface area contributed by atoms with Crippen molar-refractivity contribution in [1.29, 1.82) is 0 Å². The molecule has 3 rings (SSSR count). The van der Waals surface area contributed by atoms with E-state index in [-0.39, 0.29) is 6.10 Å². The molecule has 7 heteroatoms. The number of nitrogens with two attached hydrogens (primary N) is 1. The first-order chi connectivity index (χ1) is 13.5. The molecule has 6 nitrogen and oxygen atoms in total. The second-order valence-electron chi connectivity index (χ2n) is 6.79. The lowest BCUT2D eigenvalue weighted by molar-refractivity contribution is 0.0910. The van der Waals surface area contributed by atoms with Gasteiger partial charge in [0.05, 0.1) is 7.11 Å². The van der Waals surface area contributed by atoms with E-state index in [1.165, 1.54) is 5.69 Å². The standard InChI is InChI=1S/C21H26ClN3O3/c1-27-19-8-6-18(7-9-19)25-14-12-24(13-15-25)11-10-20(28-21(23)26)16-2-4-17(22)5-3-16/h2-9,20H,10-15H2,1H3,(H2,23,26). The Morgan fingerprint density at radius 1 is 1.07 bits per heavy atom. The second-order valence-corrected chi connectivity index (χ2v) is 7.23. The van der Waals surface area contributed by atoms with Crippen LogP contribution in [0.25, 0.3) is 0 Å². The summed E-state index contributed by atoms with van der Waals surface area (Å²) in [6, 6.07) is 15.5. The van der Waals surface area contributed by atoms with Crippen molar-refractivity contribution in [2.24, 2.45) is 5.73 Å². The minimum atomic E-state index is -0.760. The molecule has 1 fully saturated rings. The number of carbonyl (C=O) groups excluding carboxylic acids is 1. The van der Waals surface area contributed by atoms with E-state index in [2.05, 4.69) is 21.9 Å². The lowest BCUT2D eigenvalue weighted by Crippen LogP contribution is -2.46. The minimum Gasteiger partial charge on any atom is -0.497 e. The molecule has 1 aliphatic rings. The number of methoxy groups -OCH3 is 1. The number of hydrogen-bond acceptors (Lipinski definition) is 5. The van der Waals surface area contributed by atoms with Gasteiger partial charge in [0.15, 0.2) is 0 Å². The third kappa shape index (κ3) is 5.53. The molecule has 1 atom stereocenters. The maximum absolute atomic E-state index is 11.3. The average molecular weight is 404 g/mol. The van der Waals surface area contributed by atoms with Crippen LogP contribution in [-0.2, 0) is 4.74 Å². The molecule has 0 aromatic heterocycles. The topological polar surface area (TPSA) is 68.0 Å². The molecular formula is C21H26ClN3O3. The van der Waals surface area contributed by atoms with E-state index in [0.717, 1.165) is 44.0 Å². The van der Waals surface area contributed by atoms with Gasteiger partial charge in [-0.3, -0.25) is 4.90 Å². The summed E-state index contributed by atoms with van der Waals surface area (Å²) in [6.45, 7) is 4.64. The fourth-order valence-electron chi connectivity index (χ4n) is 3.43. The largest absolute Gasteiger partial charge is 0.497 e. The average Bonchev–Trinajstić information content (AvgIpc) is 2.72. The SMILES string of the molecule is COc1ccc(N2CCN(CCC(OC(N)=O)c3ccc(Cl)cc3)CC2)cc1. The lowest BCUT2D eigenvalue weighted by Gasteiger charge is -2.36. The zero-order valence-corrected chi connectivity index (χ0v) is 16.8. The number of piperazine rings is 1. The molecule has 0 saturated carbocycles. The molecule has 2 N–H and O–H groups in total. The van der Waals surface area contributed by atoms with Gasteiger partial charge in [-0.2, -0.15) is 0 Å². The first kappa shape index (κ1) is 20.3. The fraction of sp³-hybridized carbons (Fsp3) is 0.381. The van der Waals surface area contributed by atoms with Crippen molar-refractivity contribution in [3.05, 3.63) is 59.1 Å². The zero-order valence-electron chi connectivity index (χ0n) is 16.0. The summed E-state index contributed by atoms with van der Waals surface area (Å²) in [5, 5.41) is 0.649. The molecule has 2 aromatic carbocycles. The van der Waals surface area contributed by atoms with Crippen molar-refractivity contribution >= 4 is 23.4 Å². The Morgan fingerprint density at radius 2 is 1.71 bits per heavy atom. The molecule has 1 heterocycles. The Morgan fingerprint density at radius 3 is 2.29 bits per heavy atom. The highest BCUT2D eigenvalue weighted by Gasteiger charge is 2.21. The second kappa shape index (κ2) is 9.66. The van der Waals surface area contributed by atoms with E-state index < -0.39 is 6.09 Å². The number of primary amides is 1. The first-order valence-electron chi connectivity index (χ1n) is 9.38. The van der Waals surface area contributed by atoms with Crippen LogP contribution in [0.3, 0.4) is 0 Å². The highest BCUT2D eigenvalue weighted by atomic mass is 35.5. The van der Waals surface area contributed by atoms with Crippen LogP contribution in [0, 0.1) is 0 Å². The van der Waals surface area contributed by atoms with E-state index in [1.807, 2.05) is 24.3 Å². The molecule has 1 unspecified atom stereocenters. The summed E-state index contributed by atoms with van der Waals surface area (Å²) in [4.78, 5) is 16.0. The van der Waals surface area contributed by atoms with Crippen molar-refractivity contribution in [2.75, 3.05) is 44.7 Å². The lowest BCUT2D eigenvalue weighted by atomic mass is 10.1. The van der Waals surface area contributed by atoms with Crippen LogP contribution in [0.1, 0.15) is 18.1 Å². The van der Waals surface area contributed by atoms with Gasteiger partial charge in [-0.15, -0.1) is 0 Å². The summed E-state index contributed by atoms with van der Waals surface area (Å²) < 4.78 is 10.5. The molecule has 1 saturated heterocycles. The zero-order chi connectivity index (χ0) is 19.9. The first-order valence-corrected chi connectivity index (χ1v) is 9.76. The molecule has 0 spiro atoms. The van der Waals surface area contributed by atoms with Gasteiger partial charge in [-0.1, -0.05) is 23.7 Å². The number of benzene rings is 2. The number of ether oxygens (including phenoxy) is 2. The van der Waals surface area contributed by atoms with E-state index in [9.17, 15) is 4.79 Å². The van der Waals surface area contributed by atoms with Crippen molar-refractivity contribution in [2.45, 2.75) is 12.5 Å². The maximum atomic E-state index is 11.3. The highest BCUT2D eigenvalue weighted by Crippen LogP contribution is 2.25. The predicted molar refractivity (Wildman–Crippen MR) is 111 cm³/mol. The van der Waals surface area contributed by atoms with Gasteiger partial charge < -0.3 is 20.1 Å². The number of hydrogen-bond donors (Lipinski definition) is 1. The van der Waals surface area contributed by atoms with Crippen molar-refractivity contribution in [3.8, 4) is 5.75 Å². The molecule has 2 aromatic rings. The quantitative estimate of drug-likeness (QED) is 0.763. The predicted octanol–water partition coefficient (Wildman–Crippen LogP) is 3.70. The summed E-state index contributed by atoms with van der Waals surface area (Å²) in [7, 11) is 1.67. The third-order valence-electron chi connectivity index (χ3n) is 5.02. The molecule has 150 valence electrons. The van der Waals surface area contributed by atoms with Crippen LogP contribution in [-0.4, -0.2) is 50.8 Å². The summed E-state index contributed by atoms with van der Waals surface area (Å²) >= 11 is 5.95. The minimum absolute atomic E-state index is 0.366. The van der Waals surface area contributed by atoms with Crippen LogP contribution in [0.15, 0.2) is 48.5 Å². The van der Waals surface area contributed by atoms with Crippen molar-refractivity contribution in [3.63, 3.8) is 0 Å². The van der Waals surface area contributed by atoms with E-state index in [1.54, 1.807) is 19.2 Å². The normalized spacial score (nSPS) is 15.9. The van der Waals surface area contributed by atoms with Gasteiger partial charge in [-0.05, 0) is 42.0 Å². The number of carbonyl (C=O) groups is 1. The molecule has 1 amide bonds. The van der Waals surface area contributed by atoms with E-state index in [4.69, 9.17) is 26.8 Å². The van der Waals surface area contributed by atoms with Gasteiger partial charge in [-0.25, -0.2) is 4.79 Å². The van der Waals surface area contributed by atoms with Gasteiger partial charge in [0.2, 0.25) is 0 Å². The molecule has 0 aliphatic carbocycles. The Bertz CT molecular complexity index is 759. The highest BCUT2D eigenvalue weighted by molar-refractivity contribution is 6.30. The van der Waals surface area contributed by atoms with Crippen LogP contribution in [0.2, 0.25) is 5.02 Å². The Kier molecular flexibility index (Phi) is 7.01. The number of amides is 1. The molecular weight excluding hydrogens is 378 g/mol. The number of halogens is 1. The number of rotatable bonds is 7. The Balaban J connectivity index is 1.52. The van der Waals surface area contributed by atoms with Gasteiger partial charge in [0.25, 0.3) is 0 Å². The monoisotopic (exact) mass is 403 g/mol. The summed E-state index contributed by atoms with van der Waals surface area (Å²) in [6.07, 6.45) is -0.439. The Labute approximate surface area is 170 Å². The van der Waals surface area contributed by atoms with Crippen LogP contribution in [0.5, 0.6) is 5.75 Å². The van der Waals surface area contributed by atoms with Crippen LogP contribution in [0.4, 0.5) is 10.5 Å². The molecule has 28 heavy (non-hydrogen) atoms. The van der Waals surface area contributed by atoms with Gasteiger partial charge in [0, 0.05) is 49.9 Å². The number of nitrogens with zero attached hydrogens (tertiary/aromatic N) is 2. The molecule has 0 bridgehead atoms. The molecule has 1 aliphatic heterocycles. The van der Waals surface area contributed by atoms with Crippen LogP contribution >= 0.6 is 11.6 Å².